The van der Waals surface area contributed by atoms with Crippen LogP contribution >= 0.6 is 0 Å². The molecule has 32 heavy (non-hydrogen) atoms. The number of rotatable bonds is 8. The van der Waals surface area contributed by atoms with Gasteiger partial charge in [-0.25, -0.2) is 0 Å². The molecular formula is C24H31N3O5. The summed E-state index contributed by atoms with van der Waals surface area (Å²) in [6, 6.07) is 9.60. The van der Waals surface area contributed by atoms with Crippen molar-refractivity contribution < 1.29 is 23.5 Å². The molecule has 2 aliphatic heterocycles. The van der Waals surface area contributed by atoms with Crippen LogP contribution in [0.15, 0.2) is 47.3 Å². The number of ether oxygens (including phenoxy) is 2. The molecule has 0 spiro atoms. The average Bonchev–Trinajstić information content (AvgIpc) is 3.56. The zero-order valence-corrected chi connectivity index (χ0v) is 18.6. The lowest BCUT2D eigenvalue weighted by atomic mass is 10.2. The summed E-state index contributed by atoms with van der Waals surface area (Å²) in [5.74, 6) is 0.792. The summed E-state index contributed by atoms with van der Waals surface area (Å²) in [6.45, 7) is 4.40. The van der Waals surface area contributed by atoms with E-state index in [9.17, 15) is 9.59 Å². The zero-order chi connectivity index (χ0) is 22.3. The largest absolute Gasteiger partial charge is 0.495 e. The summed E-state index contributed by atoms with van der Waals surface area (Å²) >= 11 is 0. The van der Waals surface area contributed by atoms with Crippen molar-refractivity contribution in [3.63, 3.8) is 0 Å². The number of anilines is 1. The number of para-hydroxylation sites is 2. The predicted molar refractivity (Wildman–Crippen MR) is 120 cm³/mol. The third-order valence-corrected chi connectivity index (χ3v) is 6.16. The van der Waals surface area contributed by atoms with Crippen LogP contribution in [0.2, 0.25) is 0 Å². The first-order valence-electron chi connectivity index (χ1n) is 11.2. The van der Waals surface area contributed by atoms with Gasteiger partial charge < -0.3 is 28.6 Å². The smallest absolute Gasteiger partial charge is 0.257 e. The molecule has 0 bridgehead atoms. The standard InChI is InChI=1S/C24H31N3O5/c1-30-22-7-3-2-6-21(22)25-11-13-26(14-12-25)23(28)8-10-27(17-20-5-4-15-32-20)24(29)19-9-16-31-18-19/h2-3,6-7,9,16,18,20H,4-5,8,10-15,17H2,1H3. The van der Waals surface area contributed by atoms with Crippen molar-refractivity contribution in [2.24, 2.45) is 0 Å². The van der Waals surface area contributed by atoms with Gasteiger partial charge in [0.2, 0.25) is 5.91 Å². The fraction of sp³-hybridized carbons (Fsp3) is 0.500. The normalized spacial score (nSPS) is 18.6. The lowest BCUT2D eigenvalue weighted by molar-refractivity contribution is -0.131. The summed E-state index contributed by atoms with van der Waals surface area (Å²) in [5.41, 5.74) is 1.55. The number of piperazine rings is 1. The number of nitrogens with zero attached hydrogens (tertiary/aromatic N) is 3. The van der Waals surface area contributed by atoms with Gasteiger partial charge in [0.05, 0.1) is 30.7 Å². The van der Waals surface area contributed by atoms with E-state index >= 15 is 0 Å². The summed E-state index contributed by atoms with van der Waals surface area (Å²) in [4.78, 5) is 31.7. The molecule has 1 atom stereocenters. The Labute approximate surface area is 188 Å². The van der Waals surface area contributed by atoms with Crippen LogP contribution in [0.25, 0.3) is 0 Å². The van der Waals surface area contributed by atoms with Crippen LogP contribution in [0.3, 0.4) is 0 Å². The van der Waals surface area contributed by atoms with Gasteiger partial charge in [-0.2, -0.15) is 0 Å². The molecule has 2 fully saturated rings. The molecular weight excluding hydrogens is 410 g/mol. The Morgan fingerprint density at radius 1 is 1.16 bits per heavy atom. The fourth-order valence-corrected chi connectivity index (χ4v) is 4.36. The van der Waals surface area contributed by atoms with E-state index in [0.29, 0.717) is 38.2 Å². The number of carbonyl (C=O) groups is 2. The Kier molecular flexibility index (Phi) is 7.32. The second kappa shape index (κ2) is 10.5. The molecule has 2 aliphatic rings. The van der Waals surface area contributed by atoms with E-state index in [-0.39, 0.29) is 17.9 Å². The fourth-order valence-electron chi connectivity index (χ4n) is 4.36. The molecule has 1 aromatic carbocycles. The molecule has 2 aromatic rings. The van der Waals surface area contributed by atoms with Gasteiger partial charge in [0.1, 0.15) is 12.0 Å². The molecule has 8 heteroatoms. The van der Waals surface area contributed by atoms with Crippen molar-refractivity contribution in [2.75, 3.05) is 57.9 Å². The lowest BCUT2D eigenvalue weighted by Crippen LogP contribution is -2.49. The maximum atomic E-state index is 12.9. The highest BCUT2D eigenvalue weighted by Gasteiger charge is 2.27. The minimum atomic E-state index is -0.122. The van der Waals surface area contributed by atoms with Crippen molar-refractivity contribution in [2.45, 2.75) is 25.4 Å². The molecule has 172 valence electrons. The minimum Gasteiger partial charge on any atom is -0.495 e. The highest BCUT2D eigenvalue weighted by Crippen LogP contribution is 2.28. The Hall–Kier alpha value is -3.00. The molecule has 8 nitrogen and oxygen atoms in total. The van der Waals surface area contributed by atoms with Gasteiger partial charge in [0.25, 0.3) is 5.91 Å². The number of hydrogen-bond donors (Lipinski definition) is 0. The highest BCUT2D eigenvalue weighted by atomic mass is 16.5. The van der Waals surface area contributed by atoms with E-state index in [4.69, 9.17) is 13.9 Å². The Balaban J connectivity index is 1.31. The quantitative estimate of drug-likeness (QED) is 0.627. The van der Waals surface area contributed by atoms with Gasteiger partial charge in [-0.15, -0.1) is 0 Å². The van der Waals surface area contributed by atoms with E-state index in [1.807, 2.05) is 29.2 Å². The van der Waals surface area contributed by atoms with Gasteiger partial charge in [-0.1, -0.05) is 12.1 Å². The molecule has 1 aromatic heterocycles. The van der Waals surface area contributed by atoms with E-state index in [1.54, 1.807) is 18.1 Å². The number of furan rings is 1. The number of methoxy groups -OCH3 is 1. The van der Waals surface area contributed by atoms with Crippen LogP contribution in [0.1, 0.15) is 29.6 Å². The van der Waals surface area contributed by atoms with Crippen molar-refractivity contribution in [3.8, 4) is 5.75 Å². The van der Waals surface area contributed by atoms with E-state index in [1.165, 1.54) is 12.5 Å². The molecule has 3 heterocycles. The van der Waals surface area contributed by atoms with Gasteiger partial charge in [0.15, 0.2) is 0 Å². The third kappa shape index (κ3) is 5.24. The molecule has 0 saturated carbocycles. The van der Waals surface area contributed by atoms with Crippen molar-refractivity contribution in [1.29, 1.82) is 0 Å². The maximum Gasteiger partial charge on any atom is 0.257 e. The molecule has 0 N–H and O–H groups in total. The van der Waals surface area contributed by atoms with Crippen LogP contribution in [0.4, 0.5) is 5.69 Å². The second-order valence-corrected chi connectivity index (χ2v) is 8.19. The molecule has 1 unspecified atom stereocenters. The second-order valence-electron chi connectivity index (χ2n) is 8.19. The third-order valence-electron chi connectivity index (χ3n) is 6.16. The molecule has 0 aliphatic carbocycles. The molecule has 4 rings (SSSR count). The Morgan fingerprint density at radius 3 is 2.66 bits per heavy atom. The van der Waals surface area contributed by atoms with Crippen molar-refractivity contribution >= 4 is 17.5 Å². The predicted octanol–water partition coefficient (Wildman–Crippen LogP) is 2.65. The number of carbonyl (C=O) groups excluding carboxylic acids is 2. The Bertz CT molecular complexity index is 887. The van der Waals surface area contributed by atoms with Crippen LogP contribution in [-0.2, 0) is 9.53 Å². The monoisotopic (exact) mass is 441 g/mol. The van der Waals surface area contributed by atoms with Crippen molar-refractivity contribution in [3.05, 3.63) is 48.4 Å². The average molecular weight is 442 g/mol. The first-order chi connectivity index (χ1) is 15.7. The lowest BCUT2D eigenvalue weighted by Gasteiger charge is -2.37. The van der Waals surface area contributed by atoms with Crippen LogP contribution in [0, 0.1) is 0 Å². The molecule has 2 saturated heterocycles. The number of hydrogen-bond acceptors (Lipinski definition) is 6. The van der Waals surface area contributed by atoms with Gasteiger partial charge in [0, 0.05) is 52.3 Å². The summed E-state index contributed by atoms with van der Waals surface area (Å²) < 4.78 is 16.3. The number of amides is 2. The summed E-state index contributed by atoms with van der Waals surface area (Å²) in [7, 11) is 1.67. The Morgan fingerprint density at radius 2 is 1.97 bits per heavy atom. The zero-order valence-electron chi connectivity index (χ0n) is 18.6. The van der Waals surface area contributed by atoms with E-state index < -0.39 is 0 Å². The molecule has 0 radical (unpaired) electrons. The summed E-state index contributed by atoms with van der Waals surface area (Å²) in [6.07, 6.45) is 5.21. The van der Waals surface area contributed by atoms with Crippen LogP contribution in [-0.4, -0.2) is 80.7 Å². The highest BCUT2D eigenvalue weighted by molar-refractivity contribution is 5.94. The van der Waals surface area contributed by atoms with E-state index in [0.717, 1.165) is 44.0 Å². The summed E-state index contributed by atoms with van der Waals surface area (Å²) in [5, 5.41) is 0. The first-order valence-corrected chi connectivity index (χ1v) is 11.2. The van der Waals surface area contributed by atoms with Gasteiger partial charge in [-0.3, -0.25) is 9.59 Å². The van der Waals surface area contributed by atoms with Crippen LogP contribution in [0.5, 0.6) is 5.75 Å². The number of benzene rings is 1. The minimum absolute atomic E-state index is 0.0327. The van der Waals surface area contributed by atoms with Gasteiger partial charge in [-0.05, 0) is 31.0 Å². The topological polar surface area (TPSA) is 75.5 Å². The van der Waals surface area contributed by atoms with Crippen LogP contribution < -0.4 is 9.64 Å². The SMILES string of the molecule is COc1ccccc1N1CCN(C(=O)CCN(CC2CCCO2)C(=O)c2ccoc2)CC1. The van der Waals surface area contributed by atoms with E-state index in [2.05, 4.69) is 4.90 Å². The maximum absolute atomic E-state index is 12.9. The molecule has 2 amide bonds. The van der Waals surface area contributed by atoms with Crippen molar-refractivity contribution in [1.82, 2.24) is 9.80 Å². The van der Waals surface area contributed by atoms with Gasteiger partial charge >= 0.3 is 0 Å². The first kappa shape index (κ1) is 22.2.